The summed E-state index contributed by atoms with van der Waals surface area (Å²) in [5, 5.41) is 3.39. The van der Waals surface area contributed by atoms with E-state index in [1.807, 2.05) is 11.0 Å². The molecule has 1 heterocycles. The van der Waals surface area contributed by atoms with Gasteiger partial charge in [0.25, 0.3) is 0 Å². The number of anilines is 1. The van der Waals surface area contributed by atoms with Gasteiger partial charge in [-0.25, -0.2) is 0 Å². The van der Waals surface area contributed by atoms with Crippen molar-refractivity contribution in [2.45, 2.75) is 26.7 Å². The number of hydrogen-bond donors (Lipinski definition) is 1. The Morgan fingerprint density at radius 3 is 2.41 bits per heavy atom. The highest BCUT2D eigenvalue weighted by atomic mass is 16.2. The molecule has 4 heteroatoms. The molecule has 1 aliphatic heterocycles. The van der Waals surface area contributed by atoms with Crippen molar-refractivity contribution in [2.75, 3.05) is 44.2 Å². The Bertz CT molecular complexity index is 737. The summed E-state index contributed by atoms with van der Waals surface area (Å²) in [5.41, 5.74) is 5.32. The van der Waals surface area contributed by atoms with Crippen LogP contribution in [0.5, 0.6) is 0 Å². The van der Waals surface area contributed by atoms with Crippen molar-refractivity contribution in [3.05, 3.63) is 65.2 Å². The second kappa shape index (κ2) is 9.56. The Balaban J connectivity index is 1.36. The van der Waals surface area contributed by atoms with Crippen molar-refractivity contribution in [2.24, 2.45) is 0 Å². The molecule has 1 aliphatic rings. The number of piperazine rings is 1. The fourth-order valence-corrected chi connectivity index (χ4v) is 3.63. The van der Waals surface area contributed by atoms with Gasteiger partial charge >= 0.3 is 0 Å². The zero-order valence-corrected chi connectivity index (χ0v) is 16.6. The summed E-state index contributed by atoms with van der Waals surface area (Å²) in [5.74, 6) is 0.267. The molecule has 0 aliphatic carbocycles. The summed E-state index contributed by atoms with van der Waals surface area (Å²) >= 11 is 0. The number of hydrogen-bond acceptors (Lipinski definition) is 3. The molecule has 0 saturated carbocycles. The minimum atomic E-state index is 0.267. The molecule has 3 rings (SSSR count). The lowest BCUT2D eigenvalue weighted by Gasteiger charge is -2.37. The first-order chi connectivity index (χ1) is 13.1. The lowest BCUT2D eigenvalue weighted by molar-refractivity contribution is -0.131. The zero-order valence-electron chi connectivity index (χ0n) is 16.6. The van der Waals surface area contributed by atoms with Gasteiger partial charge in [-0.15, -0.1) is 0 Å². The van der Waals surface area contributed by atoms with Crippen molar-refractivity contribution in [3.63, 3.8) is 0 Å². The third-order valence-corrected chi connectivity index (χ3v) is 5.50. The molecule has 0 spiro atoms. The summed E-state index contributed by atoms with van der Waals surface area (Å²) < 4.78 is 0. The monoisotopic (exact) mass is 365 g/mol. The summed E-state index contributed by atoms with van der Waals surface area (Å²) in [7, 11) is 0. The number of rotatable bonds is 7. The third-order valence-electron chi connectivity index (χ3n) is 5.50. The van der Waals surface area contributed by atoms with Crippen molar-refractivity contribution in [1.82, 2.24) is 10.2 Å². The van der Waals surface area contributed by atoms with Gasteiger partial charge in [-0.05, 0) is 49.6 Å². The molecule has 1 fully saturated rings. The predicted octanol–water partition coefficient (Wildman–Crippen LogP) is 3.17. The molecule has 4 nitrogen and oxygen atoms in total. The average Bonchev–Trinajstić information content (AvgIpc) is 2.70. The van der Waals surface area contributed by atoms with Gasteiger partial charge in [0.2, 0.25) is 5.91 Å². The number of nitrogens with zero attached hydrogens (tertiary/aromatic N) is 2. The van der Waals surface area contributed by atoms with E-state index in [2.05, 4.69) is 66.5 Å². The minimum Gasteiger partial charge on any atom is -0.368 e. The first kappa shape index (κ1) is 19.4. The van der Waals surface area contributed by atoms with Gasteiger partial charge < -0.3 is 15.1 Å². The van der Waals surface area contributed by atoms with Crippen LogP contribution in [0.4, 0.5) is 5.69 Å². The van der Waals surface area contributed by atoms with E-state index in [9.17, 15) is 4.79 Å². The molecule has 27 heavy (non-hydrogen) atoms. The van der Waals surface area contributed by atoms with E-state index in [0.717, 1.165) is 45.7 Å². The third kappa shape index (κ3) is 5.33. The Hall–Kier alpha value is -2.33. The summed E-state index contributed by atoms with van der Waals surface area (Å²) in [4.78, 5) is 16.9. The second-order valence-corrected chi connectivity index (χ2v) is 7.32. The molecule has 0 radical (unpaired) electrons. The largest absolute Gasteiger partial charge is 0.368 e. The van der Waals surface area contributed by atoms with E-state index in [4.69, 9.17) is 0 Å². The van der Waals surface area contributed by atoms with Crippen molar-refractivity contribution in [3.8, 4) is 0 Å². The highest BCUT2D eigenvalue weighted by Crippen LogP contribution is 2.23. The van der Waals surface area contributed by atoms with E-state index in [1.54, 1.807) is 0 Å². The number of carbonyl (C=O) groups is 1. The number of aryl methyl sites for hydroxylation is 1. The van der Waals surface area contributed by atoms with Crippen LogP contribution in [0, 0.1) is 13.8 Å². The van der Waals surface area contributed by atoms with Gasteiger partial charge in [0.05, 0.1) is 0 Å². The summed E-state index contributed by atoms with van der Waals surface area (Å²) in [6.07, 6.45) is 1.59. The van der Waals surface area contributed by atoms with Crippen LogP contribution in [0.2, 0.25) is 0 Å². The molecule has 0 bridgehead atoms. The van der Waals surface area contributed by atoms with E-state index in [-0.39, 0.29) is 5.91 Å². The predicted molar refractivity (Wildman–Crippen MR) is 112 cm³/mol. The van der Waals surface area contributed by atoms with Crippen LogP contribution in [-0.4, -0.2) is 50.1 Å². The Kier molecular flexibility index (Phi) is 6.88. The van der Waals surface area contributed by atoms with Crippen molar-refractivity contribution in [1.29, 1.82) is 0 Å². The molecule has 0 aromatic heterocycles. The highest BCUT2D eigenvalue weighted by Gasteiger charge is 2.21. The smallest absolute Gasteiger partial charge is 0.223 e. The number of amides is 1. The molecule has 0 atom stereocenters. The van der Waals surface area contributed by atoms with Crippen LogP contribution in [0.1, 0.15) is 23.1 Å². The molecule has 144 valence electrons. The van der Waals surface area contributed by atoms with Crippen LogP contribution in [-0.2, 0) is 11.2 Å². The molecule has 2 aromatic carbocycles. The molecular weight excluding hydrogens is 334 g/mol. The van der Waals surface area contributed by atoms with Crippen molar-refractivity contribution < 1.29 is 4.79 Å². The van der Waals surface area contributed by atoms with Crippen molar-refractivity contribution >= 4 is 11.6 Å². The normalized spacial score (nSPS) is 14.4. The Morgan fingerprint density at radius 1 is 0.926 bits per heavy atom. The fourth-order valence-electron chi connectivity index (χ4n) is 3.63. The van der Waals surface area contributed by atoms with Gasteiger partial charge in [-0.1, -0.05) is 42.5 Å². The maximum atomic E-state index is 12.5. The van der Waals surface area contributed by atoms with E-state index < -0.39 is 0 Å². The van der Waals surface area contributed by atoms with Crippen LogP contribution in [0.25, 0.3) is 0 Å². The van der Waals surface area contributed by atoms with Gasteiger partial charge in [0.15, 0.2) is 0 Å². The quantitative estimate of drug-likeness (QED) is 0.766. The van der Waals surface area contributed by atoms with E-state index >= 15 is 0 Å². The first-order valence-corrected chi connectivity index (χ1v) is 9.99. The minimum absolute atomic E-state index is 0.267. The summed E-state index contributed by atoms with van der Waals surface area (Å²) in [6.45, 7) is 9.47. The Labute approximate surface area is 163 Å². The number of benzene rings is 2. The molecule has 2 aromatic rings. The lowest BCUT2D eigenvalue weighted by Crippen LogP contribution is -2.49. The SMILES string of the molecule is Cc1cccc(N2CCN(C(=O)CCNCCc3ccccc3)CC2)c1C. The first-order valence-electron chi connectivity index (χ1n) is 9.99. The van der Waals surface area contributed by atoms with Gasteiger partial charge in [0, 0.05) is 44.8 Å². The van der Waals surface area contributed by atoms with Crippen LogP contribution in [0.3, 0.4) is 0 Å². The maximum Gasteiger partial charge on any atom is 0.223 e. The molecular formula is C23H31N3O. The van der Waals surface area contributed by atoms with Gasteiger partial charge in [0.1, 0.15) is 0 Å². The molecule has 1 N–H and O–H groups in total. The zero-order chi connectivity index (χ0) is 19.1. The van der Waals surface area contributed by atoms with E-state index in [0.29, 0.717) is 6.42 Å². The molecule has 1 amide bonds. The fraction of sp³-hybridized carbons (Fsp3) is 0.435. The number of carbonyl (C=O) groups excluding carboxylic acids is 1. The number of nitrogens with one attached hydrogen (secondary N) is 1. The van der Waals surface area contributed by atoms with Crippen LogP contribution in [0.15, 0.2) is 48.5 Å². The highest BCUT2D eigenvalue weighted by molar-refractivity contribution is 5.76. The van der Waals surface area contributed by atoms with Gasteiger partial charge in [-0.3, -0.25) is 4.79 Å². The molecule has 0 unspecified atom stereocenters. The topological polar surface area (TPSA) is 35.6 Å². The van der Waals surface area contributed by atoms with Crippen LogP contribution >= 0.6 is 0 Å². The maximum absolute atomic E-state index is 12.5. The van der Waals surface area contributed by atoms with E-state index in [1.165, 1.54) is 22.4 Å². The van der Waals surface area contributed by atoms with Gasteiger partial charge in [-0.2, -0.15) is 0 Å². The standard InChI is InChI=1S/C23H31N3O/c1-19-7-6-10-22(20(19)2)25-15-17-26(18-16-25)23(27)12-14-24-13-11-21-8-4-3-5-9-21/h3-10,24H,11-18H2,1-2H3. The van der Waals surface area contributed by atoms with Crippen LogP contribution < -0.4 is 10.2 Å². The second-order valence-electron chi connectivity index (χ2n) is 7.32. The Morgan fingerprint density at radius 2 is 1.67 bits per heavy atom. The molecule has 1 saturated heterocycles. The average molecular weight is 366 g/mol. The lowest BCUT2D eigenvalue weighted by atomic mass is 10.1. The summed E-state index contributed by atoms with van der Waals surface area (Å²) in [6, 6.07) is 16.9.